The third-order valence-electron chi connectivity index (χ3n) is 2.75. The predicted molar refractivity (Wildman–Crippen MR) is 74.8 cm³/mol. The SMILES string of the molecule is CCc1nc(COc2ccc([C@@H](C)N)c(F)c2)cs1. The summed E-state index contributed by atoms with van der Waals surface area (Å²) in [6, 6.07) is 4.44. The maximum Gasteiger partial charge on any atom is 0.131 e. The highest BCUT2D eigenvalue weighted by Gasteiger charge is 2.08. The van der Waals surface area contributed by atoms with E-state index in [4.69, 9.17) is 10.5 Å². The molecule has 2 aromatic rings. The van der Waals surface area contributed by atoms with Crippen LogP contribution < -0.4 is 10.5 Å². The summed E-state index contributed by atoms with van der Waals surface area (Å²) >= 11 is 1.61. The summed E-state index contributed by atoms with van der Waals surface area (Å²) < 4.78 is 19.2. The lowest BCUT2D eigenvalue weighted by Crippen LogP contribution is -2.07. The van der Waals surface area contributed by atoms with Crippen LogP contribution in [0.15, 0.2) is 23.6 Å². The molecule has 0 aliphatic carbocycles. The standard InChI is InChI=1S/C14H17FN2OS/c1-3-14-17-10(8-19-14)7-18-11-4-5-12(9(2)16)13(15)6-11/h4-6,8-9H,3,7,16H2,1-2H3/t9-/m1/s1. The lowest BCUT2D eigenvalue weighted by molar-refractivity contribution is 0.300. The van der Waals surface area contributed by atoms with Gasteiger partial charge in [0.15, 0.2) is 0 Å². The van der Waals surface area contributed by atoms with Crippen LogP contribution in [0.3, 0.4) is 0 Å². The molecular formula is C14H17FN2OS. The Labute approximate surface area is 116 Å². The summed E-state index contributed by atoms with van der Waals surface area (Å²) in [7, 11) is 0. The van der Waals surface area contributed by atoms with E-state index in [0.717, 1.165) is 17.1 Å². The Balaban J connectivity index is 2.01. The van der Waals surface area contributed by atoms with Crippen molar-refractivity contribution in [1.82, 2.24) is 4.98 Å². The monoisotopic (exact) mass is 280 g/mol. The number of hydrogen-bond acceptors (Lipinski definition) is 4. The number of rotatable bonds is 5. The van der Waals surface area contributed by atoms with Crippen LogP contribution >= 0.6 is 11.3 Å². The lowest BCUT2D eigenvalue weighted by Gasteiger charge is -2.09. The first-order chi connectivity index (χ1) is 9.10. The molecule has 0 aliphatic heterocycles. The van der Waals surface area contributed by atoms with E-state index in [1.165, 1.54) is 6.07 Å². The molecule has 0 fully saturated rings. The van der Waals surface area contributed by atoms with Crippen LogP contribution in [0.4, 0.5) is 4.39 Å². The van der Waals surface area contributed by atoms with E-state index in [2.05, 4.69) is 11.9 Å². The highest BCUT2D eigenvalue weighted by Crippen LogP contribution is 2.21. The number of nitrogens with two attached hydrogens (primary N) is 1. The topological polar surface area (TPSA) is 48.1 Å². The Morgan fingerprint density at radius 3 is 2.84 bits per heavy atom. The fraction of sp³-hybridized carbons (Fsp3) is 0.357. The summed E-state index contributed by atoms with van der Waals surface area (Å²) in [5, 5.41) is 3.04. The van der Waals surface area contributed by atoms with Crippen LogP contribution in [0, 0.1) is 5.82 Å². The average molecular weight is 280 g/mol. The first kappa shape index (κ1) is 14.0. The Kier molecular flexibility index (Phi) is 4.50. The molecule has 0 spiro atoms. The number of hydrogen-bond donors (Lipinski definition) is 1. The molecule has 0 amide bonds. The van der Waals surface area contributed by atoms with Crippen LogP contribution in [0.25, 0.3) is 0 Å². The van der Waals surface area contributed by atoms with E-state index in [0.29, 0.717) is 17.9 Å². The number of nitrogens with zero attached hydrogens (tertiary/aromatic N) is 1. The minimum atomic E-state index is -0.333. The highest BCUT2D eigenvalue weighted by atomic mass is 32.1. The van der Waals surface area contributed by atoms with E-state index < -0.39 is 0 Å². The molecule has 19 heavy (non-hydrogen) atoms. The summed E-state index contributed by atoms with van der Waals surface area (Å²) in [6.07, 6.45) is 0.919. The molecule has 0 saturated carbocycles. The van der Waals surface area contributed by atoms with Gasteiger partial charge in [-0.05, 0) is 19.4 Å². The Morgan fingerprint density at radius 2 is 2.26 bits per heavy atom. The average Bonchev–Trinajstić information content (AvgIpc) is 2.84. The molecule has 2 N–H and O–H groups in total. The van der Waals surface area contributed by atoms with Crippen LogP contribution in [0.5, 0.6) is 5.75 Å². The maximum atomic E-state index is 13.7. The fourth-order valence-electron chi connectivity index (χ4n) is 1.70. The lowest BCUT2D eigenvalue weighted by atomic mass is 10.1. The van der Waals surface area contributed by atoms with Gasteiger partial charge in [0.05, 0.1) is 10.7 Å². The van der Waals surface area contributed by atoms with Gasteiger partial charge in [-0.15, -0.1) is 11.3 Å². The van der Waals surface area contributed by atoms with Crippen LogP contribution in [-0.4, -0.2) is 4.98 Å². The van der Waals surface area contributed by atoms with Crippen molar-refractivity contribution in [2.24, 2.45) is 5.73 Å². The van der Waals surface area contributed by atoms with E-state index in [1.54, 1.807) is 30.4 Å². The van der Waals surface area contributed by atoms with Gasteiger partial charge in [-0.1, -0.05) is 13.0 Å². The zero-order valence-corrected chi connectivity index (χ0v) is 11.8. The van der Waals surface area contributed by atoms with E-state index >= 15 is 0 Å². The first-order valence-corrected chi connectivity index (χ1v) is 7.09. The van der Waals surface area contributed by atoms with E-state index in [1.807, 2.05) is 5.38 Å². The highest BCUT2D eigenvalue weighted by molar-refractivity contribution is 7.09. The molecule has 1 atom stereocenters. The zero-order chi connectivity index (χ0) is 13.8. The molecule has 0 radical (unpaired) electrons. The van der Waals surface area contributed by atoms with Gasteiger partial charge >= 0.3 is 0 Å². The Hall–Kier alpha value is -1.46. The number of ether oxygens (including phenoxy) is 1. The molecule has 0 bridgehead atoms. The Bertz CT molecular complexity index is 554. The third kappa shape index (κ3) is 3.52. The second-order valence-electron chi connectivity index (χ2n) is 4.35. The summed E-state index contributed by atoms with van der Waals surface area (Å²) in [5.74, 6) is 0.160. The normalized spacial score (nSPS) is 12.4. The molecule has 2 rings (SSSR count). The van der Waals surface area contributed by atoms with Gasteiger partial charge in [0.2, 0.25) is 0 Å². The summed E-state index contributed by atoms with van der Waals surface area (Å²) in [4.78, 5) is 4.39. The van der Waals surface area contributed by atoms with Crippen molar-refractivity contribution < 1.29 is 9.13 Å². The minimum absolute atomic E-state index is 0.320. The molecule has 1 aromatic heterocycles. The smallest absolute Gasteiger partial charge is 0.131 e. The molecule has 0 saturated heterocycles. The summed E-state index contributed by atoms with van der Waals surface area (Å²) in [5.41, 5.74) is 7.03. The van der Waals surface area contributed by atoms with Crippen molar-refractivity contribution in [3.63, 3.8) is 0 Å². The molecule has 1 aromatic carbocycles. The van der Waals surface area contributed by atoms with Crippen molar-refractivity contribution in [3.8, 4) is 5.75 Å². The minimum Gasteiger partial charge on any atom is -0.487 e. The quantitative estimate of drug-likeness (QED) is 0.912. The van der Waals surface area contributed by atoms with Gasteiger partial charge in [0.1, 0.15) is 18.2 Å². The molecule has 102 valence electrons. The number of aromatic nitrogens is 1. The van der Waals surface area contributed by atoms with E-state index in [9.17, 15) is 4.39 Å². The largest absolute Gasteiger partial charge is 0.487 e. The van der Waals surface area contributed by atoms with Crippen molar-refractivity contribution in [3.05, 3.63) is 45.7 Å². The van der Waals surface area contributed by atoms with Crippen LogP contribution in [0.1, 0.15) is 36.2 Å². The number of halogens is 1. The second kappa shape index (κ2) is 6.12. The number of benzene rings is 1. The molecule has 0 aliphatic rings. The van der Waals surface area contributed by atoms with Crippen molar-refractivity contribution >= 4 is 11.3 Å². The van der Waals surface area contributed by atoms with Crippen molar-refractivity contribution in [1.29, 1.82) is 0 Å². The predicted octanol–water partition coefficient (Wildman–Crippen LogP) is 3.44. The van der Waals surface area contributed by atoms with Gasteiger partial charge in [-0.25, -0.2) is 9.37 Å². The van der Waals surface area contributed by atoms with Gasteiger partial charge in [0.25, 0.3) is 0 Å². The van der Waals surface area contributed by atoms with E-state index in [-0.39, 0.29) is 11.9 Å². The number of aryl methyl sites for hydroxylation is 1. The fourth-order valence-corrected chi connectivity index (χ4v) is 2.43. The summed E-state index contributed by atoms with van der Waals surface area (Å²) in [6.45, 7) is 4.17. The van der Waals surface area contributed by atoms with Crippen LogP contribution in [-0.2, 0) is 13.0 Å². The molecule has 3 nitrogen and oxygen atoms in total. The van der Waals surface area contributed by atoms with Gasteiger partial charge in [0, 0.05) is 23.1 Å². The van der Waals surface area contributed by atoms with Gasteiger partial charge in [-0.3, -0.25) is 0 Å². The molecule has 0 unspecified atom stereocenters. The van der Waals surface area contributed by atoms with Gasteiger partial charge < -0.3 is 10.5 Å². The van der Waals surface area contributed by atoms with Crippen molar-refractivity contribution in [2.75, 3.05) is 0 Å². The number of thiazole rings is 1. The molecule has 5 heteroatoms. The maximum absolute atomic E-state index is 13.7. The van der Waals surface area contributed by atoms with Crippen molar-refractivity contribution in [2.45, 2.75) is 32.9 Å². The third-order valence-corrected chi connectivity index (χ3v) is 3.79. The van der Waals surface area contributed by atoms with Crippen LogP contribution in [0.2, 0.25) is 0 Å². The Morgan fingerprint density at radius 1 is 1.47 bits per heavy atom. The molecule has 1 heterocycles. The zero-order valence-electron chi connectivity index (χ0n) is 11.0. The van der Waals surface area contributed by atoms with Gasteiger partial charge in [-0.2, -0.15) is 0 Å². The molecular weight excluding hydrogens is 263 g/mol. The first-order valence-electron chi connectivity index (χ1n) is 6.21. The second-order valence-corrected chi connectivity index (χ2v) is 5.29.